The third-order valence-electron chi connectivity index (χ3n) is 3.76. The second kappa shape index (κ2) is 4.16. The van der Waals surface area contributed by atoms with E-state index in [-0.39, 0.29) is 0 Å². The highest BCUT2D eigenvalue weighted by atomic mass is 32.1. The molecular weight excluding hydrogens is 230 g/mol. The topological polar surface area (TPSA) is 42.2 Å². The maximum Gasteiger partial charge on any atom is 0.142 e. The zero-order valence-electron chi connectivity index (χ0n) is 10.6. The molecule has 3 nitrogen and oxygen atoms in total. The van der Waals surface area contributed by atoms with Crippen LogP contribution in [0.3, 0.4) is 0 Å². The third-order valence-corrected chi connectivity index (χ3v) is 4.67. The van der Waals surface area contributed by atoms with Crippen molar-refractivity contribution in [3.8, 4) is 0 Å². The summed E-state index contributed by atoms with van der Waals surface area (Å²) in [7, 11) is 0. The number of aromatic nitrogens is 1. The van der Waals surface area contributed by atoms with Gasteiger partial charge in [-0.05, 0) is 62.9 Å². The fraction of sp³-hybridized carbons (Fsp3) is 0.769. The van der Waals surface area contributed by atoms with Gasteiger partial charge in [0, 0.05) is 18.2 Å². The van der Waals surface area contributed by atoms with Gasteiger partial charge in [-0.15, -0.1) is 0 Å². The molecule has 2 saturated carbocycles. The van der Waals surface area contributed by atoms with Crippen LogP contribution in [0, 0.1) is 5.92 Å². The molecule has 0 amide bonds. The van der Waals surface area contributed by atoms with E-state index < -0.39 is 0 Å². The van der Waals surface area contributed by atoms with Gasteiger partial charge in [0.1, 0.15) is 10.8 Å². The van der Waals surface area contributed by atoms with Crippen molar-refractivity contribution in [2.45, 2.75) is 51.5 Å². The van der Waals surface area contributed by atoms with E-state index in [4.69, 9.17) is 5.73 Å². The van der Waals surface area contributed by atoms with Crippen molar-refractivity contribution in [2.24, 2.45) is 5.92 Å². The van der Waals surface area contributed by atoms with Gasteiger partial charge in [0.2, 0.25) is 0 Å². The van der Waals surface area contributed by atoms with Gasteiger partial charge in [-0.25, -0.2) is 0 Å². The van der Waals surface area contributed by atoms with Gasteiger partial charge in [-0.3, -0.25) is 0 Å². The molecule has 0 atom stereocenters. The van der Waals surface area contributed by atoms with Gasteiger partial charge in [0.05, 0.1) is 0 Å². The van der Waals surface area contributed by atoms with E-state index in [1.165, 1.54) is 42.8 Å². The smallest absolute Gasteiger partial charge is 0.142 e. The Labute approximate surface area is 107 Å². The SMILES string of the molecule is CC(C)N(CC1CC1)c1snc(N)c1C1CC1. The molecule has 0 aromatic carbocycles. The van der Waals surface area contributed by atoms with Gasteiger partial charge >= 0.3 is 0 Å². The van der Waals surface area contributed by atoms with Crippen molar-refractivity contribution in [2.75, 3.05) is 17.2 Å². The van der Waals surface area contributed by atoms with Crippen LogP contribution in [0.15, 0.2) is 0 Å². The maximum atomic E-state index is 6.04. The Balaban J connectivity index is 1.88. The Morgan fingerprint density at radius 1 is 1.35 bits per heavy atom. The average Bonchev–Trinajstić information content (AvgIpc) is 3.17. The van der Waals surface area contributed by atoms with E-state index >= 15 is 0 Å². The lowest BCUT2D eigenvalue weighted by Gasteiger charge is -2.28. The zero-order chi connectivity index (χ0) is 12.0. The van der Waals surface area contributed by atoms with E-state index in [9.17, 15) is 0 Å². The predicted octanol–water partition coefficient (Wildman–Crippen LogP) is 3.23. The molecule has 0 aliphatic heterocycles. The van der Waals surface area contributed by atoms with Crippen LogP contribution in [0.4, 0.5) is 10.8 Å². The standard InChI is InChI=1S/C13H21N3S/c1-8(2)16(7-9-3-4-9)13-11(10-5-6-10)12(14)15-17-13/h8-10H,3-7H2,1-2H3,(H2,14,15). The summed E-state index contributed by atoms with van der Waals surface area (Å²) < 4.78 is 4.39. The fourth-order valence-corrected chi connectivity index (χ4v) is 3.41. The normalized spacial score (nSPS) is 19.9. The van der Waals surface area contributed by atoms with Crippen LogP contribution in [0.5, 0.6) is 0 Å². The quantitative estimate of drug-likeness (QED) is 0.873. The van der Waals surface area contributed by atoms with Gasteiger partial charge in [0.15, 0.2) is 0 Å². The predicted molar refractivity (Wildman–Crippen MR) is 73.7 cm³/mol. The lowest BCUT2D eigenvalue weighted by molar-refractivity contribution is 0.647. The summed E-state index contributed by atoms with van der Waals surface area (Å²) in [4.78, 5) is 2.53. The molecule has 2 fully saturated rings. The summed E-state index contributed by atoms with van der Waals surface area (Å²) in [5.74, 6) is 2.39. The maximum absolute atomic E-state index is 6.04. The molecule has 1 aromatic rings. The van der Waals surface area contributed by atoms with Crippen molar-refractivity contribution in [1.82, 2.24) is 4.37 Å². The first-order chi connectivity index (χ1) is 8.16. The molecule has 17 heavy (non-hydrogen) atoms. The number of nitrogens with two attached hydrogens (primary N) is 1. The molecule has 0 saturated heterocycles. The molecular formula is C13H21N3S. The summed E-state index contributed by atoms with van der Waals surface area (Å²) in [5.41, 5.74) is 7.39. The van der Waals surface area contributed by atoms with E-state index in [1.807, 2.05) is 0 Å². The number of nitrogens with zero attached hydrogens (tertiary/aromatic N) is 2. The fourth-order valence-electron chi connectivity index (χ4n) is 2.37. The summed E-state index contributed by atoms with van der Waals surface area (Å²) in [6.45, 7) is 5.74. The summed E-state index contributed by atoms with van der Waals surface area (Å²) in [5, 5.41) is 1.35. The molecule has 0 bridgehead atoms. The molecule has 3 rings (SSSR count). The van der Waals surface area contributed by atoms with Gasteiger partial charge in [0.25, 0.3) is 0 Å². The highest BCUT2D eigenvalue weighted by molar-refractivity contribution is 7.10. The summed E-state index contributed by atoms with van der Waals surface area (Å²) in [6, 6.07) is 0.549. The van der Waals surface area contributed by atoms with Gasteiger partial charge in [-0.2, -0.15) is 4.37 Å². The molecule has 1 heterocycles. The van der Waals surface area contributed by atoms with Crippen molar-refractivity contribution < 1.29 is 0 Å². The van der Waals surface area contributed by atoms with Crippen molar-refractivity contribution in [3.63, 3.8) is 0 Å². The van der Waals surface area contributed by atoms with Gasteiger partial charge in [-0.1, -0.05) is 0 Å². The first-order valence-corrected chi connectivity index (χ1v) is 7.46. The number of hydrogen-bond acceptors (Lipinski definition) is 4. The van der Waals surface area contributed by atoms with Crippen LogP contribution in [0.2, 0.25) is 0 Å². The van der Waals surface area contributed by atoms with Crippen molar-refractivity contribution in [3.05, 3.63) is 5.56 Å². The highest BCUT2D eigenvalue weighted by Crippen LogP contribution is 2.49. The van der Waals surface area contributed by atoms with Crippen molar-refractivity contribution >= 4 is 22.4 Å². The van der Waals surface area contributed by atoms with E-state index in [1.54, 1.807) is 11.5 Å². The van der Waals surface area contributed by atoms with Crippen molar-refractivity contribution in [1.29, 1.82) is 0 Å². The van der Waals surface area contributed by atoms with E-state index in [0.29, 0.717) is 12.0 Å². The van der Waals surface area contributed by atoms with Crippen LogP contribution in [-0.2, 0) is 0 Å². The number of nitrogen functional groups attached to an aromatic ring is 1. The second-order valence-corrected chi connectivity index (χ2v) is 6.50. The minimum absolute atomic E-state index is 0.549. The zero-order valence-corrected chi connectivity index (χ0v) is 11.5. The second-order valence-electron chi connectivity index (χ2n) is 5.75. The number of rotatable bonds is 5. The monoisotopic (exact) mass is 251 g/mol. The molecule has 2 aliphatic rings. The van der Waals surface area contributed by atoms with E-state index in [0.717, 1.165) is 11.7 Å². The molecule has 2 N–H and O–H groups in total. The Kier molecular flexibility index (Phi) is 2.77. The first kappa shape index (κ1) is 11.3. The molecule has 0 unspecified atom stereocenters. The van der Waals surface area contributed by atoms with E-state index in [2.05, 4.69) is 23.1 Å². The highest BCUT2D eigenvalue weighted by Gasteiger charge is 2.34. The first-order valence-electron chi connectivity index (χ1n) is 6.68. The molecule has 0 spiro atoms. The third kappa shape index (κ3) is 2.28. The molecule has 94 valence electrons. The lowest BCUT2D eigenvalue weighted by atomic mass is 10.1. The molecule has 1 aromatic heterocycles. The summed E-state index contributed by atoms with van der Waals surface area (Å²) in [6.07, 6.45) is 5.39. The Bertz CT molecular complexity index is 405. The largest absolute Gasteiger partial charge is 0.383 e. The number of anilines is 2. The Hall–Kier alpha value is -0.770. The molecule has 2 aliphatic carbocycles. The van der Waals surface area contributed by atoms with Crippen LogP contribution < -0.4 is 10.6 Å². The molecule has 0 radical (unpaired) electrons. The Morgan fingerprint density at radius 3 is 2.59 bits per heavy atom. The number of hydrogen-bond donors (Lipinski definition) is 1. The van der Waals surface area contributed by atoms with Crippen LogP contribution in [0.1, 0.15) is 51.0 Å². The lowest BCUT2D eigenvalue weighted by Crippen LogP contribution is -2.32. The summed E-state index contributed by atoms with van der Waals surface area (Å²) >= 11 is 1.60. The van der Waals surface area contributed by atoms with Crippen LogP contribution in [-0.4, -0.2) is 17.0 Å². The average molecular weight is 251 g/mol. The minimum Gasteiger partial charge on any atom is -0.383 e. The van der Waals surface area contributed by atoms with Crippen LogP contribution >= 0.6 is 11.5 Å². The Morgan fingerprint density at radius 2 is 2.06 bits per heavy atom. The van der Waals surface area contributed by atoms with Crippen LogP contribution in [0.25, 0.3) is 0 Å². The minimum atomic E-state index is 0.549. The molecule has 4 heteroatoms. The van der Waals surface area contributed by atoms with Gasteiger partial charge < -0.3 is 10.6 Å².